The first-order valence-electron chi connectivity index (χ1n) is 6.38. The van der Waals surface area contributed by atoms with Crippen LogP contribution in [-0.2, 0) is 5.60 Å². The lowest BCUT2D eigenvalue weighted by molar-refractivity contribution is 0.0255. The molecule has 0 aromatic heterocycles. The lowest BCUT2D eigenvalue weighted by Crippen LogP contribution is -2.23. The van der Waals surface area contributed by atoms with E-state index in [1.165, 1.54) is 0 Å². The summed E-state index contributed by atoms with van der Waals surface area (Å²) in [5.74, 6) is 0.492. The van der Waals surface area contributed by atoms with E-state index in [9.17, 15) is 10.2 Å². The molecule has 2 heteroatoms. The van der Waals surface area contributed by atoms with E-state index in [-0.39, 0.29) is 6.10 Å². The highest BCUT2D eigenvalue weighted by Gasteiger charge is 2.23. The summed E-state index contributed by atoms with van der Waals surface area (Å²) in [4.78, 5) is 0. The molecule has 1 aromatic rings. The maximum Gasteiger partial charge on any atom is 0.0869 e. The van der Waals surface area contributed by atoms with Crippen LogP contribution in [0.4, 0.5) is 0 Å². The SMILES string of the molecule is CC(C)CC(O)CCC(C)(O)c1ccccc1. The van der Waals surface area contributed by atoms with E-state index >= 15 is 0 Å². The maximum absolute atomic E-state index is 10.4. The van der Waals surface area contributed by atoms with Crippen molar-refractivity contribution in [3.05, 3.63) is 35.9 Å². The van der Waals surface area contributed by atoms with Gasteiger partial charge in [-0.05, 0) is 37.7 Å². The predicted octanol–water partition coefficient (Wildman–Crippen LogP) is 3.08. The largest absolute Gasteiger partial charge is 0.393 e. The van der Waals surface area contributed by atoms with Crippen molar-refractivity contribution < 1.29 is 10.2 Å². The van der Waals surface area contributed by atoms with Gasteiger partial charge in [0, 0.05) is 0 Å². The van der Waals surface area contributed by atoms with Gasteiger partial charge in [-0.3, -0.25) is 0 Å². The quantitative estimate of drug-likeness (QED) is 0.797. The highest BCUT2D eigenvalue weighted by Crippen LogP contribution is 2.27. The molecule has 2 unspecified atom stereocenters. The Balaban J connectivity index is 2.50. The molecule has 0 fully saturated rings. The fourth-order valence-corrected chi connectivity index (χ4v) is 2.05. The molecule has 2 atom stereocenters. The number of hydrogen-bond acceptors (Lipinski definition) is 2. The summed E-state index contributed by atoms with van der Waals surface area (Å²) in [7, 11) is 0. The van der Waals surface area contributed by atoms with Crippen LogP contribution in [0.25, 0.3) is 0 Å². The third-order valence-corrected chi connectivity index (χ3v) is 3.10. The average Bonchev–Trinajstić information content (AvgIpc) is 2.27. The van der Waals surface area contributed by atoms with Crippen LogP contribution in [0.5, 0.6) is 0 Å². The zero-order valence-corrected chi connectivity index (χ0v) is 11.1. The summed E-state index contributed by atoms with van der Waals surface area (Å²) in [6.45, 7) is 6.00. The van der Waals surface area contributed by atoms with E-state index in [1.54, 1.807) is 0 Å². The molecule has 0 spiro atoms. The Bertz CT molecular complexity index is 317. The second-order valence-electron chi connectivity index (χ2n) is 5.46. The van der Waals surface area contributed by atoms with Crippen LogP contribution in [0.2, 0.25) is 0 Å². The van der Waals surface area contributed by atoms with E-state index in [2.05, 4.69) is 13.8 Å². The molecule has 0 aliphatic heterocycles. The normalized spacial score (nSPS) is 16.8. The van der Waals surface area contributed by atoms with Gasteiger partial charge in [-0.2, -0.15) is 0 Å². The van der Waals surface area contributed by atoms with E-state index in [0.717, 1.165) is 12.0 Å². The molecule has 2 N–H and O–H groups in total. The van der Waals surface area contributed by atoms with Crippen LogP contribution in [0.3, 0.4) is 0 Å². The summed E-state index contributed by atoms with van der Waals surface area (Å²) in [5, 5.41) is 20.2. The van der Waals surface area contributed by atoms with E-state index in [1.807, 2.05) is 37.3 Å². The number of benzene rings is 1. The Morgan fingerprint density at radius 2 is 1.76 bits per heavy atom. The zero-order valence-electron chi connectivity index (χ0n) is 11.1. The Morgan fingerprint density at radius 1 is 1.18 bits per heavy atom. The van der Waals surface area contributed by atoms with Gasteiger partial charge in [0.15, 0.2) is 0 Å². The zero-order chi connectivity index (χ0) is 12.9. The van der Waals surface area contributed by atoms with Gasteiger partial charge in [-0.25, -0.2) is 0 Å². The average molecular weight is 236 g/mol. The second kappa shape index (κ2) is 6.18. The van der Waals surface area contributed by atoms with Crippen molar-refractivity contribution in [1.29, 1.82) is 0 Å². The molecule has 0 saturated carbocycles. The van der Waals surface area contributed by atoms with Crippen LogP contribution in [0.1, 0.15) is 45.6 Å². The number of hydrogen-bond donors (Lipinski definition) is 2. The van der Waals surface area contributed by atoms with Gasteiger partial charge in [0.2, 0.25) is 0 Å². The minimum Gasteiger partial charge on any atom is -0.393 e. The van der Waals surface area contributed by atoms with Gasteiger partial charge >= 0.3 is 0 Å². The maximum atomic E-state index is 10.4. The molecule has 2 nitrogen and oxygen atoms in total. The van der Waals surface area contributed by atoms with Gasteiger partial charge < -0.3 is 10.2 Å². The fourth-order valence-electron chi connectivity index (χ4n) is 2.05. The molecule has 0 aliphatic carbocycles. The Kier molecular flexibility index (Phi) is 5.16. The molecule has 17 heavy (non-hydrogen) atoms. The van der Waals surface area contributed by atoms with E-state index in [0.29, 0.717) is 18.8 Å². The summed E-state index contributed by atoms with van der Waals surface area (Å²) in [6.07, 6.45) is 1.71. The highest BCUT2D eigenvalue weighted by atomic mass is 16.3. The molecule has 1 aromatic carbocycles. The smallest absolute Gasteiger partial charge is 0.0869 e. The van der Waals surface area contributed by atoms with Crippen LogP contribution in [0.15, 0.2) is 30.3 Å². The summed E-state index contributed by atoms with van der Waals surface area (Å²) in [6, 6.07) is 9.64. The molecule has 0 aliphatic rings. The molecule has 0 saturated heterocycles. The van der Waals surface area contributed by atoms with Crippen molar-refractivity contribution in [2.75, 3.05) is 0 Å². The topological polar surface area (TPSA) is 40.5 Å². The van der Waals surface area contributed by atoms with Crippen molar-refractivity contribution in [3.8, 4) is 0 Å². The second-order valence-corrected chi connectivity index (χ2v) is 5.46. The van der Waals surface area contributed by atoms with E-state index < -0.39 is 5.60 Å². The first-order chi connectivity index (χ1) is 7.92. The fraction of sp³-hybridized carbons (Fsp3) is 0.600. The molecule has 0 radical (unpaired) electrons. The van der Waals surface area contributed by atoms with Gasteiger partial charge in [-0.15, -0.1) is 0 Å². The van der Waals surface area contributed by atoms with Crippen LogP contribution < -0.4 is 0 Å². The third kappa shape index (κ3) is 4.88. The monoisotopic (exact) mass is 236 g/mol. The van der Waals surface area contributed by atoms with Crippen molar-refractivity contribution in [1.82, 2.24) is 0 Å². The van der Waals surface area contributed by atoms with Crippen molar-refractivity contribution in [2.45, 2.75) is 51.7 Å². The van der Waals surface area contributed by atoms with Crippen LogP contribution in [0, 0.1) is 5.92 Å². The Hall–Kier alpha value is -0.860. The standard InChI is InChI=1S/C15H24O2/c1-12(2)11-14(16)9-10-15(3,17)13-7-5-4-6-8-13/h4-8,12,14,16-17H,9-11H2,1-3H3. The van der Waals surface area contributed by atoms with Gasteiger partial charge in [-0.1, -0.05) is 44.2 Å². The van der Waals surface area contributed by atoms with Crippen molar-refractivity contribution in [2.24, 2.45) is 5.92 Å². The van der Waals surface area contributed by atoms with Crippen molar-refractivity contribution in [3.63, 3.8) is 0 Å². The Morgan fingerprint density at radius 3 is 2.29 bits per heavy atom. The molecule has 0 bridgehead atoms. The molecule has 0 amide bonds. The minimum atomic E-state index is -0.848. The van der Waals surface area contributed by atoms with Crippen LogP contribution in [-0.4, -0.2) is 16.3 Å². The van der Waals surface area contributed by atoms with Gasteiger partial charge in [0.05, 0.1) is 11.7 Å². The Labute approximate surface area is 104 Å². The van der Waals surface area contributed by atoms with Crippen molar-refractivity contribution >= 4 is 0 Å². The first kappa shape index (κ1) is 14.2. The summed E-state index contributed by atoms with van der Waals surface area (Å²) >= 11 is 0. The molecule has 0 heterocycles. The van der Waals surface area contributed by atoms with Gasteiger partial charge in [0.1, 0.15) is 0 Å². The van der Waals surface area contributed by atoms with Gasteiger partial charge in [0.25, 0.3) is 0 Å². The number of rotatable bonds is 6. The van der Waals surface area contributed by atoms with E-state index in [4.69, 9.17) is 0 Å². The third-order valence-electron chi connectivity index (χ3n) is 3.10. The summed E-state index contributed by atoms with van der Waals surface area (Å²) < 4.78 is 0. The number of aliphatic hydroxyl groups excluding tert-OH is 1. The number of aliphatic hydroxyl groups is 2. The molecule has 96 valence electrons. The lowest BCUT2D eigenvalue weighted by atomic mass is 9.89. The predicted molar refractivity (Wildman–Crippen MR) is 70.7 cm³/mol. The first-order valence-corrected chi connectivity index (χ1v) is 6.38. The lowest BCUT2D eigenvalue weighted by Gasteiger charge is -2.25. The summed E-state index contributed by atoms with van der Waals surface area (Å²) in [5.41, 5.74) is 0.0657. The van der Waals surface area contributed by atoms with Crippen LogP contribution >= 0.6 is 0 Å². The molecular weight excluding hydrogens is 212 g/mol. The highest BCUT2D eigenvalue weighted by molar-refractivity contribution is 5.21. The molecule has 1 rings (SSSR count). The molecular formula is C15H24O2. The minimum absolute atomic E-state index is 0.315.